The lowest BCUT2D eigenvalue weighted by Crippen LogP contribution is -2.04. The maximum atomic E-state index is 11.3. The molecule has 0 aliphatic carbocycles. The number of carbonyl (C=O) groups is 1. The van der Waals surface area contributed by atoms with Crippen LogP contribution in [0.15, 0.2) is 53.0 Å². The van der Waals surface area contributed by atoms with Crippen LogP contribution in [0.3, 0.4) is 0 Å². The van der Waals surface area contributed by atoms with Crippen LogP contribution in [0.2, 0.25) is 0 Å². The summed E-state index contributed by atoms with van der Waals surface area (Å²) in [5.74, 6) is 1.40. The first-order valence-corrected chi connectivity index (χ1v) is 7.91. The summed E-state index contributed by atoms with van der Waals surface area (Å²) in [6.45, 7) is 0.583. The predicted molar refractivity (Wildman–Crippen MR) is 95.2 cm³/mol. The molecule has 0 saturated heterocycles. The van der Waals surface area contributed by atoms with Crippen molar-refractivity contribution in [3.05, 3.63) is 64.1 Å². The highest BCUT2D eigenvalue weighted by Crippen LogP contribution is 2.23. The first-order valence-electron chi connectivity index (χ1n) is 7.12. The highest BCUT2D eigenvalue weighted by Gasteiger charge is 2.07. The number of carbonyl (C=O) groups excluding carboxylic acids is 1. The summed E-state index contributed by atoms with van der Waals surface area (Å²) in [6.07, 6.45) is 0.823. The summed E-state index contributed by atoms with van der Waals surface area (Å²) >= 11 is 3.43. The van der Waals surface area contributed by atoms with Crippen molar-refractivity contribution in [2.75, 3.05) is 12.4 Å². The molecule has 1 heterocycles. The average Bonchev–Trinajstić information content (AvgIpc) is 2.59. The SMILES string of the molecule is COc1ccc(CNc2nc3ccc(Br)cc3cc2C=O)cc1. The minimum Gasteiger partial charge on any atom is -0.497 e. The molecule has 0 amide bonds. The van der Waals surface area contributed by atoms with Gasteiger partial charge in [-0.25, -0.2) is 4.98 Å². The maximum Gasteiger partial charge on any atom is 0.153 e. The minimum absolute atomic E-state index is 0.545. The number of ether oxygens (including phenoxy) is 1. The quantitative estimate of drug-likeness (QED) is 0.674. The van der Waals surface area contributed by atoms with E-state index in [1.165, 1.54) is 0 Å². The van der Waals surface area contributed by atoms with E-state index in [-0.39, 0.29) is 0 Å². The molecule has 23 heavy (non-hydrogen) atoms. The number of rotatable bonds is 5. The Labute approximate surface area is 142 Å². The number of anilines is 1. The molecule has 0 bridgehead atoms. The van der Waals surface area contributed by atoms with Crippen LogP contribution in [0.5, 0.6) is 5.75 Å². The number of nitrogens with one attached hydrogen (secondary N) is 1. The van der Waals surface area contributed by atoms with Crippen molar-refractivity contribution in [1.82, 2.24) is 4.98 Å². The van der Waals surface area contributed by atoms with Gasteiger partial charge in [0, 0.05) is 16.4 Å². The van der Waals surface area contributed by atoms with E-state index in [1.807, 2.05) is 48.5 Å². The maximum absolute atomic E-state index is 11.3. The largest absolute Gasteiger partial charge is 0.497 e. The molecule has 5 heteroatoms. The van der Waals surface area contributed by atoms with Crippen LogP contribution in [-0.2, 0) is 6.54 Å². The average molecular weight is 371 g/mol. The fraction of sp³-hybridized carbons (Fsp3) is 0.111. The molecular weight excluding hydrogens is 356 g/mol. The lowest BCUT2D eigenvalue weighted by Gasteiger charge is -2.10. The van der Waals surface area contributed by atoms with Crippen LogP contribution in [0.1, 0.15) is 15.9 Å². The van der Waals surface area contributed by atoms with E-state index in [0.717, 1.165) is 33.0 Å². The number of fused-ring (bicyclic) bond motifs is 1. The van der Waals surface area contributed by atoms with Crippen LogP contribution in [-0.4, -0.2) is 18.4 Å². The summed E-state index contributed by atoms with van der Waals surface area (Å²) in [5, 5.41) is 4.16. The monoisotopic (exact) mass is 370 g/mol. The Balaban J connectivity index is 1.86. The van der Waals surface area contributed by atoms with Gasteiger partial charge >= 0.3 is 0 Å². The number of hydrogen-bond acceptors (Lipinski definition) is 4. The van der Waals surface area contributed by atoms with Gasteiger partial charge in [-0.3, -0.25) is 4.79 Å². The van der Waals surface area contributed by atoms with E-state index in [1.54, 1.807) is 7.11 Å². The Morgan fingerprint density at radius 3 is 2.65 bits per heavy atom. The Morgan fingerprint density at radius 2 is 1.96 bits per heavy atom. The van der Waals surface area contributed by atoms with Gasteiger partial charge in [0.2, 0.25) is 0 Å². The number of pyridine rings is 1. The summed E-state index contributed by atoms with van der Waals surface area (Å²) in [6, 6.07) is 15.4. The topological polar surface area (TPSA) is 51.2 Å². The number of nitrogens with zero attached hydrogens (tertiary/aromatic N) is 1. The van der Waals surface area contributed by atoms with Gasteiger partial charge in [0.15, 0.2) is 6.29 Å². The van der Waals surface area contributed by atoms with Crippen molar-refractivity contribution in [3.8, 4) is 5.75 Å². The van der Waals surface area contributed by atoms with Gasteiger partial charge in [-0.1, -0.05) is 28.1 Å². The molecule has 0 aliphatic heterocycles. The lowest BCUT2D eigenvalue weighted by atomic mass is 10.1. The zero-order chi connectivity index (χ0) is 16.2. The number of methoxy groups -OCH3 is 1. The molecule has 0 fully saturated rings. The normalized spacial score (nSPS) is 10.5. The van der Waals surface area contributed by atoms with Gasteiger partial charge in [0.25, 0.3) is 0 Å². The van der Waals surface area contributed by atoms with Crippen LogP contribution in [0, 0.1) is 0 Å². The van der Waals surface area contributed by atoms with Gasteiger partial charge in [0.05, 0.1) is 18.2 Å². The number of hydrogen-bond donors (Lipinski definition) is 1. The van der Waals surface area contributed by atoms with Gasteiger partial charge in [-0.2, -0.15) is 0 Å². The van der Waals surface area contributed by atoms with Gasteiger partial charge in [0.1, 0.15) is 11.6 Å². The second-order valence-electron chi connectivity index (χ2n) is 5.08. The highest BCUT2D eigenvalue weighted by atomic mass is 79.9. The van der Waals surface area contributed by atoms with Gasteiger partial charge in [-0.05, 0) is 42.0 Å². The third kappa shape index (κ3) is 3.51. The zero-order valence-electron chi connectivity index (χ0n) is 12.5. The second kappa shape index (κ2) is 6.79. The lowest BCUT2D eigenvalue weighted by molar-refractivity contribution is 0.112. The van der Waals surface area contributed by atoms with Crippen molar-refractivity contribution < 1.29 is 9.53 Å². The smallest absolute Gasteiger partial charge is 0.153 e. The van der Waals surface area contributed by atoms with Crippen LogP contribution in [0.25, 0.3) is 10.9 Å². The molecule has 0 saturated carbocycles. The molecule has 116 valence electrons. The Morgan fingerprint density at radius 1 is 1.17 bits per heavy atom. The first kappa shape index (κ1) is 15.5. The number of aldehydes is 1. The zero-order valence-corrected chi connectivity index (χ0v) is 14.1. The fourth-order valence-corrected chi connectivity index (χ4v) is 2.70. The third-order valence-electron chi connectivity index (χ3n) is 3.55. The van der Waals surface area contributed by atoms with Crippen molar-refractivity contribution >= 4 is 38.9 Å². The van der Waals surface area contributed by atoms with Crippen molar-refractivity contribution in [3.63, 3.8) is 0 Å². The highest BCUT2D eigenvalue weighted by molar-refractivity contribution is 9.10. The molecule has 1 aromatic heterocycles. The van der Waals surface area contributed by atoms with Crippen LogP contribution < -0.4 is 10.1 Å². The third-order valence-corrected chi connectivity index (χ3v) is 4.05. The Kier molecular flexibility index (Phi) is 4.57. The molecule has 0 aliphatic rings. The summed E-state index contributed by atoms with van der Waals surface area (Å²) in [4.78, 5) is 15.9. The first-order chi connectivity index (χ1) is 11.2. The molecule has 0 atom stereocenters. The fourth-order valence-electron chi connectivity index (χ4n) is 2.32. The van der Waals surface area contributed by atoms with Crippen molar-refractivity contribution in [1.29, 1.82) is 0 Å². The molecule has 2 aromatic carbocycles. The molecule has 0 radical (unpaired) electrons. The molecular formula is C18H15BrN2O2. The van der Waals surface area contributed by atoms with Crippen molar-refractivity contribution in [2.24, 2.45) is 0 Å². The van der Waals surface area contributed by atoms with Gasteiger partial charge < -0.3 is 10.1 Å². The molecule has 4 nitrogen and oxygen atoms in total. The molecule has 3 aromatic rings. The van der Waals surface area contributed by atoms with E-state index in [2.05, 4.69) is 26.2 Å². The molecule has 3 rings (SSSR count). The molecule has 0 spiro atoms. The van der Waals surface area contributed by atoms with E-state index in [9.17, 15) is 4.79 Å². The standard InChI is InChI=1S/C18H15BrN2O2/c1-23-16-5-2-12(3-6-16)10-20-18-14(11-22)8-13-9-15(19)4-7-17(13)21-18/h2-9,11H,10H2,1H3,(H,20,21). The second-order valence-corrected chi connectivity index (χ2v) is 6.00. The van der Waals surface area contributed by atoms with E-state index < -0.39 is 0 Å². The Hall–Kier alpha value is -2.40. The van der Waals surface area contributed by atoms with E-state index in [0.29, 0.717) is 17.9 Å². The number of halogens is 1. The predicted octanol–water partition coefficient (Wildman–Crippen LogP) is 4.43. The summed E-state index contributed by atoms with van der Waals surface area (Å²) in [7, 11) is 1.64. The summed E-state index contributed by atoms with van der Waals surface area (Å²) in [5.41, 5.74) is 2.47. The summed E-state index contributed by atoms with van der Waals surface area (Å²) < 4.78 is 6.10. The van der Waals surface area contributed by atoms with Crippen LogP contribution in [0.4, 0.5) is 5.82 Å². The minimum atomic E-state index is 0.545. The molecule has 1 N–H and O–H groups in total. The van der Waals surface area contributed by atoms with Crippen molar-refractivity contribution in [2.45, 2.75) is 6.54 Å². The van der Waals surface area contributed by atoms with Gasteiger partial charge in [-0.15, -0.1) is 0 Å². The number of aromatic nitrogens is 1. The van der Waals surface area contributed by atoms with Crippen LogP contribution >= 0.6 is 15.9 Å². The molecule has 0 unspecified atom stereocenters. The Bertz CT molecular complexity index is 848. The van der Waals surface area contributed by atoms with E-state index in [4.69, 9.17) is 4.74 Å². The van der Waals surface area contributed by atoms with E-state index >= 15 is 0 Å². The number of benzene rings is 2.